The topological polar surface area (TPSA) is 54.9 Å². The number of aromatic nitrogens is 2. The molecule has 4 nitrogen and oxygen atoms in total. The number of hydrogen-bond acceptors (Lipinski definition) is 3. The van der Waals surface area contributed by atoms with Crippen LogP contribution in [-0.4, -0.2) is 15.9 Å². The van der Waals surface area contributed by atoms with Gasteiger partial charge in [0.1, 0.15) is 5.15 Å². The number of aryl methyl sites for hydroxylation is 1. The minimum Gasteiger partial charge on any atom is -0.320 e. The van der Waals surface area contributed by atoms with Gasteiger partial charge in [0.15, 0.2) is 0 Å². The van der Waals surface area contributed by atoms with Crippen LogP contribution in [0.3, 0.4) is 0 Å². The largest absolute Gasteiger partial charge is 0.320 e. The molecule has 0 saturated carbocycles. The summed E-state index contributed by atoms with van der Waals surface area (Å²) in [7, 11) is 0. The molecule has 0 aliphatic rings. The van der Waals surface area contributed by atoms with Crippen molar-refractivity contribution in [2.24, 2.45) is 0 Å². The van der Waals surface area contributed by atoms with Gasteiger partial charge in [0.2, 0.25) is 0 Å². The van der Waals surface area contributed by atoms with E-state index in [2.05, 4.69) is 15.3 Å². The van der Waals surface area contributed by atoms with E-state index in [0.29, 0.717) is 11.3 Å². The zero-order valence-electron chi connectivity index (χ0n) is 9.14. The highest BCUT2D eigenvalue weighted by atomic mass is 35.5. The van der Waals surface area contributed by atoms with Crippen molar-refractivity contribution in [1.29, 1.82) is 0 Å². The lowest BCUT2D eigenvalue weighted by atomic mass is 10.2. The summed E-state index contributed by atoms with van der Waals surface area (Å²) in [5.74, 6) is -0.297. The summed E-state index contributed by atoms with van der Waals surface area (Å²) in [5.41, 5.74) is 1.86. The lowest BCUT2D eigenvalue weighted by molar-refractivity contribution is 0.102. The monoisotopic (exact) mass is 247 g/mol. The maximum absolute atomic E-state index is 11.9. The summed E-state index contributed by atoms with van der Waals surface area (Å²) in [5, 5.41) is 2.89. The highest BCUT2D eigenvalue weighted by Crippen LogP contribution is 2.14. The minimum atomic E-state index is -0.297. The number of halogens is 1. The molecule has 0 atom stereocenters. The fourth-order valence-corrected chi connectivity index (χ4v) is 1.50. The molecule has 0 aliphatic heterocycles. The fraction of sp³-hybridized carbons (Fsp3) is 0.0833. The van der Waals surface area contributed by atoms with Crippen LogP contribution in [0.1, 0.15) is 16.1 Å². The van der Waals surface area contributed by atoms with E-state index < -0.39 is 0 Å². The zero-order valence-corrected chi connectivity index (χ0v) is 9.90. The van der Waals surface area contributed by atoms with Gasteiger partial charge in [-0.25, -0.2) is 4.98 Å². The number of amides is 1. The van der Waals surface area contributed by atoms with E-state index >= 15 is 0 Å². The smallest absolute Gasteiger partial charge is 0.258 e. The quantitative estimate of drug-likeness (QED) is 0.830. The molecule has 17 heavy (non-hydrogen) atoms. The van der Waals surface area contributed by atoms with Gasteiger partial charge in [-0.15, -0.1) is 0 Å². The van der Waals surface area contributed by atoms with Crippen LogP contribution in [0.2, 0.25) is 5.15 Å². The molecule has 0 aliphatic carbocycles. The van der Waals surface area contributed by atoms with Crippen molar-refractivity contribution in [1.82, 2.24) is 9.97 Å². The van der Waals surface area contributed by atoms with Crippen LogP contribution in [0.5, 0.6) is 0 Å². The van der Waals surface area contributed by atoms with Gasteiger partial charge in [-0.05, 0) is 31.2 Å². The first-order chi connectivity index (χ1) is 8.16. The second-order valence-electron chi connectivity index (χ2n) is 3.48. The molecule has 0 bridgehead atoms. The molecule has 1 N–H and O–H groups in total. The Bertz CT molecular complexity index is 540. The first-order valence-electron chi connectivity index (χ1n) is 5.01. The number of nitrogens with one attached hydrogen (secondary N) is 1. The Labute approximate surface area is 104 Å². The molecule has 2 rings (SSSR count). The van der Waals surface area contributed by atoms with Crippen molar-refractivity contribution in [2.75, 3.05) is 5.32 Å². The number of rotatable bonds is 2. The molecule has 0 fully saturated rings. The number of carbonyl (C=O) groups excluding carboxylic acids is 1. The van der Waals surface area contributed by atoms with Crippen LogP contribution in [0.4, 0.5) is 5.69 Å². The number of hydrogen-bond donors (Lipinski definition) is 1. The molecule has 2 aromatic rings. The van der Waals surface area contributed by atoms with Gasteiger partial charge in [0.05, 0.1) is 17.4 Å². The van der Waals surface area contributed by atoms with Crippen LogP contribution in [0.25, 0.3) is 0 Å². The fourth-order valence-electron chi connectivity index (χ4n) is 1.30. The maximum Gasteiger partial charge on any atom is 0.258 e. The maximum atomic E-state index is 11.9. The van der Waals surface area contributed by atoms with E-state index in [4.69, 9.17) is 11.6 Å². The summed E-state index contributed by atoms with van der Waals surface area (Å²) in [6.07, 6.45) is 3.13. The number of pyridine rings is 2. The van der Waals surface area contributed by atoms with Gasteiger partial charge in [0.25, 0.3) is 5.91 Å². The molecule has 0 spiro atoms. The Balaban J connectivity index is 2.17. The van der Waals surface area contributed by atoms with Crippen molar-refractivity contribution in [3.05, 3.63) is 53.1 Å². The third-order valence-corrected chi connectivity index (χ3v) is 2.47. The molecule has 0 radical (unpaired) electrons. The van der Waals surface area contributed by atoms with E-state index in [-0.39, 0.29) is 11.1 Å². The van der Waals surface area contributed by atoms with Crippen LogP contribution in [-0.2, 0) is 0 Å². The van der Waals surface area contributed by atoms with Gasteiger partial charge < -0.3 is 5.32 Å². The summed E-state index contributed by atoms with van der Waals surface area (Å²) in [4.78, 5) is 19.8. The Morgan fingerprint density at radius 1 is 1.29 bits per heavy atom. The predicted molar refractivity (Wildman–Crippen MR) is 66.2 cm³/mol. The summed E-state index contributed by atoms with van der Waals surface area (Å²) in [6.45, 7) is 1.88. The van der Waals surface area contributed by atoms with Crippen molar-refractivity contribution < 1.29 is 4.79 Å². The number of carbonyl (C=O) groups is 1. The molecule has 86 valence electrons. The number of anilines is 1. The Morgan fingerprint density at radius 2 is 2.12 bits per heavy atom. The summed E-state index contributed by atoms with van der Waals surface area (Å²) >= 11 is 5.82. The van der Waals surface area contributed by atoms with Crippen molar-refractivity contribution >= 4 is 23.2 Å². The van der Waals surface area contributed by atoms with E-state index in [1.54, 1.807) is 24.4 Å². The standard InChI is InChI=1S/C12H10ClN3O/c1-8-4-5-9(7-15-8)16-12(17)10-3-2-6-14-11(10)13/h2-7H,1H3,(H,16,17). The Hall–Kier alpha value is -1.94. The highest BCUT2D eigenvalue weighted by Gasteiger charge is 2.10. The van der Waals surface area contributed by atoms with E-state index in [1.807, 2.05) is 13.0 Å². The van der Waals surface area contributed by atoms with Gasteiger partial charge in [0, 0.05) is 11.9 Å². The zero-order chi connectivity index (χ0) is 12.3. The molecular formula is C12H10ClN3O. The van der Waals surface area contributed by atoms with Crippen LogP contribution in [0.15, 0.2) is 36.7 Å². The molecule has 2 aromatic heterocycles. The predicted octanol–water partition coefficient (Wildman–Crippen LogP) is 2.69. The molecule has 0 aromatic carbocycles. The van der Waals surface area contributed by atoms with Gasteiger partial charge in [-0.1, -0.05) is 11.6 Å². The Morgan fingerprint density at radius 3 is 2.76 bits per heavy atom. The number of nitrogens with zero attached hydrogens (tertiary/aromatic N) is 2. The Kier molecular flexibility index (Phi) is 3.35. The third-order valence-electron chi connectivity index (χ3n) is 2.17. The lowest BCUT2D eigenvalue weighted by Crippen LogP contribution is -2.13. The first kappa shape index (κ1) is 11.5. The average Bonchev–Trinajstić information content (AvgIpc) is 2.32. The van der Waals surface area contributed by atoms with Crippen LogP contribution in [0, 0.1) is 6.92 Å². The molecule has 1 amide bonds. The van der Waals surface area contributed by atoms with Crippen molar-refractivity contribution in [3.8, 4) is 0 Å². The van der Waals surface area contributed by atoms with E-state index in [1.165, 1.54) is 6.20 Å². The summed E-state index contributed by atoms with van der Waals surface area (Å²) in [6, 6.07) is 6.88. The van der Waals surface area contributed by atoms with E-state index in [0.717, 1.165) is 5.69 Å². The normalized spacial score (nSPS) is 10.0. The van der Waals surface area contributed by atoms with Gasteiger partial charge in [-0.2, -0.15) is 0 Å². The third kappa shape index (κ3) is 2.79. The molecule has 0 unspecified atom stereocenters. The summed E-state index contributed by atoms with van der Waals surface area (Å²) < 4.78 is 0. The highest BCUT2D eigenvalue weighted by molar-refractivity contribution is 6.33. The van der Waals surface area contributed by atoms with Crippen LogP contribution < -0.4 is 5.32 Å². The van der Waals surface area contributed by atoms with Gasteiger partial charge in [-0.3, -0.25) is 9.78 Å². The average molecular weight is 248 g/mol. The van der Waals surface area contributed by atoms with Crippen LogP contribution >= 0.6 is 11.6 Å². The first-order valence-corrected chi connectivity index (χ1v) is 5.39. The second-order valence-corrected chi connectivity index (χ2v) is 3.84. The van der Waals surface area contributed by atoms with E-state index in [9.17, 15) is 4.79 Å². The van der Waals surface area contributed by atoms with Crippen molar-refractivity contribution in [3.63, 3.8) is 0 Å². The molecule has 5 heteroatoms. The van der Waals surface area contributed by atoms with Crippen molar-refractivity contribution in [2.45, 2.75) is 6.92 Å². The second kappa shape index (κ2) is 4.93. The minimum absolute atomic E-state index is 0.185. The molecule has 0 saturated heterocycles. The lowest BCUT2D eigenvalue weighted by Gasteiger charge is -2.05. The van der Waals surface area contributed by atoms with Gasteiger partial charge >= 0.3 is 0 Å². The SMILES string of the molecule is Cc1ccc(NC(=O)c2cccnc2Cl)cn1. The molecule has 2 heterocycles. The molecular weight excluding hydrogens is 238 g/mol.